The molecule has 18 heavy (non-hydrogen) atoms. The van der Waals surface area contributed by atoms with Crippen molar-refractivity contribution in [2.24, 2.45) is 11.1 Å². The number of rotatable bonds is 5. The fraction of sp³-hybridized carbons (Fsp3) is 0.417. The van der Waals surface area contributed by atoms with Crippen molar-refractivity contribution in [1.82, 2.24) is 10.3 Å². The third-order valence-corrected chi connectivity index (χ3v) is 2.84. The second-order valence-electron chi connectivity index (χ2n) is 4.61. The van der Waals surface area contributed by atoms with E-state index in [1.807, 2.05) is 13.8 Å². The molecule has 0 spiro atoms. The van der Waals surface area contributed by atoms with Gasteiger partial charge in [0.25, 0.3) is 0 Å². The van der Waals surface area contributed by atoms with Gasteiger partial charge in [-0.3, -0.25) is 4.79 Å². The van der Waals surface area contributed by atoms with E-state index < -0.39 is 5.41 Å². The van der Waals surface area contributed by atoms with Gasteiger partial charge in [0.15, 0.2) is 0 Å². The van der Waals surface area contributed by atoms with Gasteiger partial charge in [-0.15, -0.1) is 0 Å². The molecule has 1 heterocycles. The van der Waals surface area contributed by atoms with Crippen LogP contribution in [0.1, 0.15) is 19.4 Å². The molecule has 1 aromatic rings. The number of anilines is 1. The summed E-state index contributed by atoms with van der Waals surface area (Å²) in [7, 11) is 1.62. The van der Waals surface area contributed by atoms with E-state index in [0.29, 0.717) is 17.4 Å². The first-order valence-corrected chi connectivity index (χ1v) is 5.99. The molecule has 4 N–H and O–H groups in total. The van der Waals surface area contributed by atoms with Crippen LogP contribution in [0.15, 0.2) is 18.3 Å². The first kappa shape index (κ1) is 14.4. The smallest absolute Gasteiger partial charge is 0.227 e. The van der Waals surface area contributed by atoms with Crippen molar-refractivity contribution >= 4 is 28.9 Å². The number of hydrogen-bond donors (Lipinski definition) is 3. The Morgan fingerprint density at radius 1 is 1.50 bits per heavy atom. The monoisotopic (exact) mass is 266 g/mol. The topological polar surface area (TPSA) is 80.0 Å². The van der Waals surface area contributed by atoms with Crippen LogP contribution in [0.2, 0.25) is 0 Å². The van der Waals surface area contributed by atoms with Gasteiger partial charge in [-0.2, -0.15) is 0 Å². The zero-order valence-electron chi connectivity index (χ0n) is 10.8. The van der Waals surface area contributed by atoms with Crippen molar-refractivity contribution in [1.29, 1.82) is 0 Å². The van der Waals surface area contributed by atoms with E-state index in [0.717, 1.165) is 5.56 Å². The molecule has 0 atom stereocenters. The summed E-state index contributed by atoms with van der Waals surface area (Å²) in [4.78, 5) is 16.1. The molecule has 0 aliphatic carbocycles. The molecule has 1 amide bonds. The van der Waals surface area contributed by atoms with Gasteiger partial charge in [-0.05, 0) is 26.0 Å². The number of amides is 1. The van der Waals surface area contributed by atoms with Gasteiger partial charge in [0, 0.05) is 25.4 Å². The van der Waals surface area contributed by atoms with E-state index in [1.54, 1.807) is 25.4 Å². The Kier molecular flexibility index (Phi) is 4.61. The highest BCUT2D eigenvalue weighted by molar-refractivity contribution is 7.80. The van der Waals surface area contributed by atoms with Gasteiger partial charge in [0.05, 0.1) is 5.41 Å². The highest BCUT2D eigenvalue weighted by atomic mass is 32.1. The summed E-state index contributed by atoms with van der Waals surface area (Å²) >= 11 is 4.84. The largest absolute Gasteiger partial charge is 0.389 e. The minimum Gasteiger partial charge on any atom is -0.389 e. The van der Waals surface area contributed by atoms with Crippen LogP contribution in [0, 0.1) is 5.41 Å². The van der Waals surface area contributed by atoms with E-state index in [9.17, 15) is 4.79 Å². The number of hydrogen-bond acceptors (Lipinski definition) is 4. The van der Waals surface area contributed by atoms with Gasteiger partial charge >= 0.3 is 0 Å². The quantitative estimate of drug-likeness (QED) is 0.690. The number of carbonyl (C=O) groups is 1. The minimum atomic E-state index is -0.502. The lowest BCUT2D eigenvalue weighted by atomic mass is 9.92. The van der Waals surface area contributed by atoms with Crippen molar-refractivity contribution in [3.63, 3.8) is 0 Å². The summed E-state index contributed by atoms with van der Waals surface area (Å²) in [5.41, 5.74) is 5.70. The van der Waals surface area contributed by atoms with Crippen molar-refractivity contribution in [2.75, 3.05) is 18.9 Å². The molecule has 0 saturated heterocycles. The van der Waals surface area contributed by atoms with Crippen LogP contribution < -0.4 is 16.4 Å². The summed E-state index contributed by atoms with van der Waals surface area (Å²) in [5.74, 6) is 0.668. The molecule has 1 rings (SSSR count). The highest BCUT2D eigenvalue weighted by Crippen LogP contribution is 2.16. The van der Waals surface area contributed by atoms with Crippen molar-refractivity contribution in [3.8, 4) is 0 Å². The van der Waals surface area contributed by atoms with Crippen LogP contribution in [-0.4, -0.2) is 29.5 Å². The lowest BCUT2D eigenvalue weighted by molar-refractivity contribution is -0.128. The number of nitrogens with zero attached hydrogens (tertiary/aromatic N) is 1. The second kappa shape index (κ2) is 5.77. The van der Waals surface area contributed by atoms with Crippen LogP contribution in [-0.2, 0) is 4.79 Å². The number of nitrogens with two attached hydrogens (primary N) is 1. The normalized spacial score (nSPS) is 10.8. The Bertz CT molecular complexity index is 442. The Balaban J connectivity index is 2.64. The molecule has 0 aliphatic heterocycles. The zero-order chi connectivity index (χ0) is 13.8. The lowest BCUT2D eigenvalue weighted by Crippen LogP contribution is -2.39. The van der Waals surface area contributed by atoms with E-state index in [2.05, 4.69) is 15.6 Å². The van der Waals surface area contributed by atoms with E-state index in [4.69, 9.17) is 18.0 Å². The molecule has 98 valence electrons. The molecular weight excluding hydrogens is 248 g/mol. The number of carbonyl (C=O) groups excluding carboxylic acids is 1. The minimum absolute atomic E-state index is 0.0187. The SMILES string of the molecule is CNC(=O)C(C)(C)CNc1ccc(C(N)=S)cn1. The van der Waals surface area contributed by atoms with E-state index >= 15 is 0 Å². The average Bonchev–Trinajstić information content (AvgIpc) is 2.35. The second-order valence-corrected chi connectivity index (χ2v) is 5.05. The fourth-order valence-electron chi connectivity index (χ4n) is 1.37. The molecule has 0 bridgehead atoms. The first-order valence-electron chi connectivity index (χ1n) is 5.59. The number of aromatic nitrogens is 1. The molecule has 0 radical (unpaired) electrons. The maximum atomic E-state index is 11.6. The predicted octanol–water partition coefficient (Wildman–Crippen LogP) is 0.900. The van der Waals surface area contributed by atoms with E-state index in [-0.39, 0.29) is 5.91 Å². The molecule has 0 fully saturated rings. The third-order valence-electron chi connectivity index (χ3n) is 2.60. The molecule has 0 aliphatic rings. The van der Waals surface area contributed by atoms with Gasteiger partial charge in [-0.25, -0.2) is 4.98 Å². The van der Waals surface area contributed by atoms with Gasteiger partial charge < -0.3 is 16.4 Å². The van der Waals surface area contributed by atoms with E-state index in [1.165, 1.54) is 0 Å². The highest BCUT2D eigenvalue weighted by Gasteiger charge is 2.26. The summed E-state index contributed by atoms with van der Waals surface area (Å²) in [6.45, 7) is 4.22. The molecule has 1 aromatic heterocycles. The standard InChI is InChI=1S/C12H18N4OS/c1-12(2,11(17)14-3)7-16-9-5-4-8(6-15-9)10(13)18/h4-6H,7H2,1-3H3,(H2,13,18)(H,14,17)(H,15,16). The maximum absolute atomic E-state index is 11.6. The Morgan fingerprint density at radius 3 is 2.61 bits per heavy atom. The number of thiocarbonyl (C=S) groups is 1. The first-order chi connectivity index (χ1) is 8.36. The number of nitrogens with one attached hydrogen (secondary N) is 2. The van der Waals surface area contributed by atoms with Crippen molar-refractivity contribution in [2.45, 2.75) is 13.8 Å². The summed E-state index contributed by atoms with van der Waals surface area (Å²) < 4.78 is 0. The molecular formula is C12H18N4OS. The summed E-state index contributed by atoms with van der Waals surface area (Å²) in [6, 6.07) is 3.58. The molecule has 6 heteroatoms. The average molecular weight is 266 g/mol. The van der Waals surface area contributed by atoms with Crippen molar-refractivity contribution in [3.05, 3.63) is 23.9 Å². The van der Waals surface area contributed by atoms with Crippen LogP contribution in [0.3, 0.4) is 0 Å². The Hall–Kier alpha value is -1.69. The van der Waals surface area contributed by atoms with Crippen LogP contribution in [0.5, 0.6) is 0 Å². The number of pyridine rings is 1. The Labute approximate surface area is 112 Å². The van der Waals surface area contributed by atoms with Gasteiger partial charge in [0.2, 0.25) is 5.91 Å². The zero-order valence-corrected chi connectivity index (χ0v) is 11.6. The Morgan fingerprint density at radius 2 is 2.17 bits per heavy atom. The predicted molar refractivity (Wildman–Crippen MR) is 76.5 cm³/mol. The van der Waals surface area contributed by atoms with Crippen LogP contribution in [0.4, 0.5) is 5.82 Å². The van der Waals surface area contributed by atoms with Crippen molar-refractivity contribution < 1.29 is 4.79 Å². The maximum Gasteiger partial charge on any atom is 0.227 e. The van der Waals surface area contributed by atoms with Gasteiger partial charge in [0.1, 0.15) is 10.8 Å². The summed E-state index contributed by atoms with van der Waals surface area (Å²) in [5, 5.41) is 5.74. The molecule has 5 nitrogen and oxygen atoms in total. The molecule has 0 aromatic carbocycles. The third kappa shape index (κ3) is 3.66. The van der Waals surface area contributed by atoms with Crippen LogP contribution >= 0.6 is 12.2 Å². The molecule has 0 saturated carbocycles. The van der Waals surface area contributed by atoms with Gasteiger partial charge in [-0.1, -0.05) is 12.2 Å². The fourth-order valence-corrected chi connectivity index (χ4v) is 1.50. The van der Waals surface area contributed by atoms with Crippen LogP contribution in [0.25, 0.3) is 0 Å². The molecule has 0 unspecified atom stereocenters. The summed E-state index contributed by atoms with van der Waals surface area (Å²) in [6.07, 6.45) is 1.61. The lowest BCUT2D eigenvalue weighted by Gasteiger charge is -2.23.